The standard InChI is InChI=1S/C16H22ClN3O4/c1-3-8-19-15(22)10(2)24-14(21)9-13(20-16(18)23)11-4-6-12(17)7-5-11/h4-7,10,13H,3,8-9H2,1-2H3,(H,19,22)(H3,18,20,23)/t10-,13-/m0/s1. The van der Waals surface area contributed by atoms with Gasteiger partial charge < -0.3 is 21.1 Å². The van der Waals surface area contributed by atoms with Gasteiger partial charge in [-0.25, -0.2) is 4.79 Å². The van der Waals surface area contributed by atoms with Crippen LogP contribution in [0.5, 0.6) is 0 Å². The Morgan fingerprint density at radius 2 is 1.88 bits per heavy atom. The lowest BCUT2D eigenvalue weighted by atomic mass is 10.0. The highest BCUT2D eigenvalue weighted by Gasteiger charge is 2.22. The Bertz CT molecular complexity index is 577. The maximum Gasteiger partial charge on any atom is 0.312 e. The summed E-state index contributed by atoms with van der Waals surface area (Å²) in [6.07, 6.45) is -0.285. The van der Waals surface area contributed by atoms with Gasteiger partial charge in [-0.05, 0) is 31.0 Å². The highest BCUT2D eigenvalue weighted by molar-refractivity contribution is 6.30. The maximum atomic E-state index is 12.0. The van der Waals surface area contributed by atoms with Gasteiger partial charge in [0, 0.05) is 11.6 Å². The van der Waals surface area contributed by atoms with Crippen LogP contribution in [0.3, 0.4) is 0 Å². The molecule has 2 atom stereocenters. The molecule has 1 rings (SSSR count). The number of amides is 3. The number of hydrogen-bond acceptors (Lipinski definition) is 4. The van der Waals surface area contributed by atoms with Crippen LogP contribution in [-0.4, -0.2) is 30.6 Å². The van der Waals surface area contributed by atoms with E-state index in [1.807, 2.05) is 6.92 Å². The molecule has 132 valence electrons. The Hall–Kier alpha value is -2.28. The van der Waals surface area contributed by atoms with Crippen LogP contribution in [0.15, 0.2) is 24.3 Å². The quantitative estimate of drug-likeness (QED) is 0.618. The molecule has 0 fully saturated rings. The number of carbonyl (C=O) groups excluding carboxylic acids is 3. The summed E-state index contributed by atoms with van der Waals surface area (Å²) in [6.45, 7) is 3.92. The number of urea groups is 1. The van der Waals surface area contributed by atoms with Gasteiger partial charge in [-0.2, -0.15) is 0 Å². The average Bonchev–Trinajstić information content (AvgIpc) is 2.52. The predicted octanol–water partition coefficient (Wildman–Crippen LogP) is 1.90. The largest absolute Gasteiger partial charge is 0.452 e. The molecule has 7 nitrogen and oxygen atoms in total. The van der Waals surface area contributed by atoms with E-state index in [1.165, 1.54) is 6.92 Å². The van der Waals surface area contributed by atoms with Crippen molar-refractivity contribution < 1.29 is 19.1 Å². The zero-order valence-electron chi connectivity index (χ0n) is 13.7. The molecular formula is C16H22ClN3O4. The molecule has 0 heterocycles. The lowest BCUT2D eigenvalue weighted by Gasteiger charge is -2.19. The first-order valence-corrected chi connectivity index (χ1v) is 8.00. The van der Waals surface area contributed by atoms with Crippen LogP contribution in [0.2, 0.25) is 5.02 Å². The molecule has 0 aliphatic carbocycles. The third-order valence-corrected chi connectivity index (χ3v) is 3.44. The molecule has 1 aromatic carbocycles. The van der Waals surface area contributed by atoms with Crippen LogP contribution in [0, 0.1) is 0 Å². The smallest absolute Gasteiger partial charge is 0.312 e. The van der Waals surface area contributed by atoms with Crippen molar-refractivity contribution >= 4 is 29.5 Å². The molecule has 0 saturated carbocycles. The maximum absolute atomic E-state index is 12.0. The summed E-state index contributed by atoms with van der Waals surface area (Å²) in [5, 5.41) is 5.65. The number of nitrogens with two attached hydrogens (primary N) is 1. The SMILES string of the molecule is CCCNC(=O)[C@H](C)OC(=O)C[C@H](NC(N)=O)c1ccc(Cl)cc1. The summed E-state index contributed by atoms with van der Waals surface area (Å²) in [7, 11) is 0. The summed E-state index contributed by atoms with van der Waals surface area (Å²) in [5.41, 5.74) is 5.80. The van der Waals surface area contributed by atoms with E-state index in [0.29, 0.717) is 17.1 Å². The summed E-state index contributed by atoms with van der Waals surface area (Å²) < 4.78 is 5.10. The van der Waals surface area contributed by atoms with E-state index in [9.17, 15) is 14.4 Å². The van der Waals surface area contributed by atoms with Crippen molar-refractivity contribution in [1.29, 1.82) is 0 Å². The first-order chi connectivity index (χ1) is 11.3. The van der Waals surface area contributed by atoms with Crippen molar-refractivity contribution in [3.63, 3.8) is 0 Å². The van der Waals surface area contributed by atoms with Crippen molar-refractivity contribution in [2.45, 2.75) is 38.8 Å². The van der Waals surface area contributed by atoms with Crippen molar-refractivity contribution in [3.8, 4) is 0 Å². The minimum atomic E-state index is -0.913. The Morgan fingerprint density at radius 1 is 1.25 bits per heavy atom. The second-order valence-corrected chi connectivity index (χ2v) is 5.68. The lowest BCUT2D eigenvalue weighted by molar-refractivity contribution is -0.155. The molecule has 0 radical (unpaired) electrons. The normalized spacial score (nSPS) is 12.8. The first kappa shape index (κ1) is 19.8. The Kier molecular flexibility index (Phi) is 8.05. The number of hydrogen-bond donors (Lipinski definition) is 3. The molecule has 4 N–H and O–H groups in total. The van der Waals surface area contributed by atoms with Crippen LogP contribution < -0.4 is 16.4 Å². The summed E-state index contributed by atoms with van der Waals surface area (Å²) in [4.78, 5) is 34.9. The fraction of sp³-hybridized carbons (Fsp3) is 0.438. The van der Waals surface area contributed by atoms with Crippen LogP contribution >= 0.6 is 11.6 Å². The fourth-order valence-electron chi connectivity index (χ4n) is 1.98. The first-order valence-electron chi connectivity index (χ1n) is 7.62. The van der Waals surface area contributed by atoms with Crippen LogP contribution in [0.25, 0.3) is 0 Å². The molecule has 0 aromatic heterocycles. The minimum absolute atomic E-state index is 0.157. The van der Waals surface area contributed by atoms with E-state index in [0.717, 1.165) is 6.42 Å². The van der Waals surface area contributed by atoms with Gasteiger partial charge in [0.2, 0.25) is 0 Å². The topological polar surface area (TPSA) is 111 Å². The Balaban J connectivity index is 2.69. The van der Waals surface area contributed by atoms with Crippen molar-refractivity contribution in [2.75, 3.05) is 6.54 Å². The number of primary amides is 1. The molecule has 0 spiro atoms. The van der Waals surface area contributed by atoms with Gasteiger partial charge in [-0.15, -0.1) is 0 Å². The number of nitrogens with one attached hydrogen (secondary N) is 2. The van der Waals surface area contributed by atoms with Gasteiger partial charge in [0.1, 0.15) is 0 Å². The highest BCUT2D eigenvalue weighted by atomic mass is 35.5. The lowest BCUT2D eigenvalue weighted by Crippen LogP contribution is -2.38. The molecule has 0 aliphatic heterocycles. The van der Waals surface area contributed by atoms with Crippen LogP contribution in [0.4, 0.5) is 4.79 Å². The molecule has 24 heavy (non-hydrogen) atoms. The van der Waals surface area contributed by atoms with Gasteiger partial charge in [0.15, 0.2) is 6.10 Å². The summed E-state index contributed by atoms with van der Waals surface area (Å²) >= 11 is 5.83. The van der Waals surface area contributed by atoms with E-state index < -0.39 is 24.1 Å². The molecule has 8 heteroatoms. The van der Waals surface area contributed by atoms with Gasteiger partial charge in [0.25, 0.3) is 5.91 Å². The number of benzene rings is 1. The molecule has 0 bridgehead atoms. The third kappa shape index (κ3) is 6.87. The summed E-state index contributed by atoms with van der Waals surface area (Å²) in [5.74, 6) is -0.987. The van der Waals surface area contributed by atoms with Gasteiger partial charge in [-0.1, -0.05) is 30.7 Å². The number of rotatable bonds is 8. The van der Waals surface area contributed by atoms with Crippen molar-refractivity contribution in [3.05, 3.63) is 34.9 Å². The van der Waals surface area contributed by atoms with Gasteiger partial charge in [-0.3, -0.25) is 9.59 Å². The predicted molar refractivity (Wildman–Crippen MR) is 90.4 cm³/mol. The van der Waals surface area contributed by atoms with Crippen LogP contribution in [0.1, 0.15) is 38.3 Å². The molecule has 3 amide bonds. The van der Waals surface area contributed by atoms with Crippen molar-refractivity contribution in [1.82, 2.24) is 10.6 Å². The van der Waals surface area contributed by atoms with Gasteiger partial charge in [0.05, 0.1) is 12.5 Å². The third-order valence-electron chi connectivity index (χ3n) is 3.19. The molecular weight excluding hydrogens is 334 g/mol. The minimum Gasteiger partial charge on any atom is -0.452 e. The molecule has 0 saturated heterocycles. The van der Waals surface area contributed by atoms with E-state index in [1.54, 1.807) is 24.3 Å². The number of esters is 1. The number of ether oxygens (including phenoxy) is 1. The average molecular weight is 356 g/mol. The number of halogens is 1. The van der Waals surface area contributed by atoms with E-state index in [2.05, 4.69) is 10.6 Å². The van der Waals surface area contributed by atoms with E-state index in [-0.39, 0.29) is 12.3 Å². The summed E-state index contributed by atoms with van der Waals surface area (Å²) in [6, 6.07) is 5.19. The molecule has 0 aliphatic rings. The number of carbonyl (C=O) groups is 3. The zero-order valence-corrected chi connectivity index (χ0v) is 14.4. The molecule has 0 unspecified atom stereocenters. The van der Waals surface area contributed by atoms with E-state index in [4.69, 9.17) is 22.1 Å². The highest BCUT2D eigenvalue weighted by Crippen LogP contribution is 2.20. The Labute approximate surface area is 145 Å². The molecule has 1 aromatic rings. The zero-order chi connectivity index (χ0) is 18.1. The Morgan fingerprint density at radius 3 is 2.42 bits per heavy atom. The van der Waals surface area contributed by atoms with Crippen LogP contribution in [-0.2, 0) is 14.3 Å². The second-order valence-electron chi connectivity index (χ2n) is 5.24. The van der Waals surface area contributed by atoms with Gasteiger partial charge >= 0.3 is 12.0 Å². The van der Waals surface area contributed by atoms with E-state index >= 15 is 0 Å². The monoisotopic (exact) mass is 355 g/mol. The fourth-order valence-corrected chi connectivity index (χ4v) is 2.10. The second kappa shape index (κ2) is 9.77. The van der Waals surface area contributed by atoms with Crippen molar-refractivity contribution in [2.24, 2.45) is 5.73 Å².